The molecule has 0 radical (unpaired) electrons. The van der Waals surface area contributed by atoms with Crippen molar-refractivity contribution in [2.24, 2.45) is 5.73 Å². The van der Waals surface area contributed by atoms with Gasteiger partial charge < -0.3 is 16.8 Å². The Labute approximate surface area is 118 Å². The van der Waals surface area contributed by atoms with Crippen molar-refractivity contribution in [3.8, 4) is 0 Å². The van der Waals surface area contributed by atoms with Crippen molar-refractivity contribution < 1.29 is 4.79 Å². The number of pyridine rings is 1. The number of para-hydroxylation sites is 1. The molecule has 1 aromatic carbocycles. The highest BCUT2D eigenvalue weighted by Gasteiger charge is 2.11. The molecule has 5 N–H and O–H groups in total. The summed E-state index contributed by atoms with van der Waals surface area (Å²) in [4.78, 5) is 15.4. The fraction of sp³-hybridized carbons (Fsp3) is 0. The van der Waals surface area contributed by atoms with Crippen molar-refractivity contribution in [2.75, 3.05) is 11.1 Å². The van der Waals surface area contributed by atoms with E-state index in [1.807, 2.05) is 24.3 Å². The summed E-state index contributed by atoms with van der Waals surface area (Å²) >= 11 is 2.19. The molecule has 0 aliphatic rings. The lowest BCUT2D eigenvalue weighted by Crippen LogP contribution is -2.15. The van der Waals surface area contributed by atoms with Crippen LogP contribution in [0.3, 0.4) is 0 Å². The van der Waals surface area contributed by atoms with Crippen LogP contribution in [0.5, 0.6) is 0 Å². The molecular weight excluding hydrogens is 343 g/mol. The summed E-state index contributed by atoms with van der Waals surface area (Å²) in [6.45, 7) is 0. The number of halogens is 1. The Morgan fingerprint density at radius 2 is 2.06 bits per heavy atom. The van der Waals surface area contributed by atoms with E-state index in [9.17, 15) is 4.79 Å². The van der Waals surface area contributed by atoms with Crippen LogP contribution in [0, 0.1) is 3.57 Å². The zero-order valence-corrected chi connectivity index (χ0v) is 11.5. The highest BCUT2D eigenvalue weighted by molar-refractivity contribution is 14.1. The first-order chi connectivity index (χ1) is 8.58. The maximum Gasteiger partial charge on any atom is 0.252 e. The molecule has 0 aliphatic heterocycles. The van der Waals surface area contributed by atoms with Crippen molar-refractivity contribution >= 4 is 45.7 Å². The van der Waals surface area contributed by atoms with Crippen LogP contribution >= 0.6 is 22.6 Å². The molecule has 5 nitrogen and oxygen atoms in total. The average molecular weight is 354 g/mol. The van der Waals surface area contributed by atoms with Crippen LogP contribution in [0.25, 0.3) is 0 Å². The molecule has 0 spiro atoms. The highest BCUT2D eigenvalue weighted by Crippen LogP contribution is 2.24. The summed E-state index contributed by atoms with van der Waals surface area (Å²) in [5.41, 5.74) is 12.4. The molecule has 1 heterocycles. The number of carbonyl (C=O) groups is 1. The van der Waals surface area contributed by atoms with Crippen molar-refractivity contribution in [1.82, 2.24) is 4.98 Å². The Kier molecular flexibility index (Phi) is 3.66. The number of nitrogens with one attached hydrogen (secondary N) is 1. The molecule has 0 fully saturated rings. The van der Waals surface area contributed by atoms with E-state index in [4.69, 9.17) is 11.5 Å². The number of nitrogen functional groups attached to an aromatic ring is 1. The molecule has 0 unspecified atom stereocenters. The van der Waals surface area contributed by atoms with Crippen molar-refractivity contribution in [3.05, 3.63) is 45.7 Å². The van der Waals surface area contributed by atoms with Crippen LogP contribution in [0.1, 0.15) is 10.4 Å². The van der Waals surface area contributed by atoms with Crippen LogP contribution in [0.4, 0.5) is 17.2 Å². The van der Waals surface area contributed by atoms with Gasteiger partial charge in [-0.1, -0.05) is 12.1 Å². The predicted molar refractivity (Wildman–Crippen MR) is 79.6 cm³/mol. The monoisotopic (exact) mass is 354 g/mol. The Balaban J connectivity index is 2.41. The molecule has 6 heteroatoms. The van der Waals surface area contributed by atoms with Gasteiger partial charge in [0.05, 0.1) is 23.1 Å². The summed E-state index contributed by atoms with van der Waals surface area (Å²) in [7, 11) is 0. The average Bonchev–Trinajstić information content (AvgIpc) is 2.34. The SMILES string of the molecule is NC(=O)c1cc(N)cnc1Nc1ccccc1I. The van der Waals surface area contributed by atoms with Crippen LogP contribution < -0.4 is 16.8 Å². The molecule has 0 atom stereocenters. The number of rotatable bonds is 3. The second-order valence-corrected chi connectivity index (χ2v) is 4.80. The fourth-order valence-corrected chi connectivity index (χ4v) is 1.98. The summed E-state index contributed by atoms with van der Waals surface area (Å²) in [6.07, 6.45) is 1.48. The lowest BCUT2D eigenvalue weighted by Gasteiger charge is -2.10. The molecular formula is C12H11IN4O. The fourth-order valence-electron chi connectivity index (χ4n) is 1.46. The van der Waals surface area contributed by atoms with Crippen molar-refractivity contribution in [1.29, 1.82) is 0 Å². The summed E-state index contributed by atoms with van der Waals surface area (Å²) in [5.74, 6) is -0.163. The maximum absolute atomic E-state index is 11.3. The van der Waals surface area contributed by atoms with Crippen molar-refractivity contribution in [2.45, 2.75) is 0 Å². The Bertz CT molecular complexity index is 600. The molecule has 0 bridgehead atoms. The third-order valence-corrected chi connectivity index (χ3v) is 3.24. The van der Waals surface area contributed by atoms with E-state index in [-0.39, 0.29) is 5.56 Å². The molecule has 2 aromatic rings. The second-order valence-electron chi connectivity index (χ2n) is 3.63. The van der Waals surface area contributed by atoms with Gasteiger partial charge >= 0.3 is 0 Å². The number of primary amides is 1. The Morgan fingerprint density at radius 3 is 2.72 bits per heavy atom. The van der Waals surface area contributed by atoms with Gasteiger partial charge in [0.1, 0.15) is 5.82 Å². The highest BCUT2D eigenvalue weighted by atomic mass is 127. The van der Waals surface area contributed by atoms with E-state index in [0.29, 0.717) is 11.5 Å². The quantitative estimate of drug-likeness (QED) is 0.736. The van der Waals surface area contributed by atoms with Gasteiger partial charge in [-0.3, -0.25) is 4.79 Å². The first-order valence-corrected chi connectivity index (χ1v) is 6.22. The normalized spacial score (nSPS) is 10.1. The zero-order chi connectivity index (χ0) is 13.1. The predicted octanol–water partition coefficient (Wildman–Crippen LogP) is 2.11. The van der Waals surface area contributed by atoms with Gasteiger partial charge in [-0.15, -0.1) is 0 Å². The number of benzene rings is 1. The van der Waals surface area contributed by atoms with E-state index >= 15 is 0 Å². The topological polar surface area (TPSA) is 94.0 Å². The molecule has 92 valence electrons. The minimum absolute atomic E-state index is 0.273. The number of nitrogens with zero attached hydrogens (tertiary/aromatic N) is 1. The lowest BCUT2D eigenvalue weighted by atomic mass is 10.2. The standard InChI is InChI=1S/C12H11IN4O/c13-9-3-1-2-4-10(9)17-12-8(11(15)18)5-7(14)6-16-12/h1-6H,14H2,(H2,15,18)(H,16,17). The number of carbonyl (C=O) groups excluding carboxylic acids is 1. The lowest BCUT2D eigenvalue weighted by molar-refractivity contribution is 0.100. The van der Waals surface area contributed by atoms with Gasteiger partial charge in [0.2, 0.25) is 0 Å². The zero-order valence-electron chi connectivity index (χ0n) is 9.35. The van der Waals surface area contributed by atoms with Crippen LogP contribution in [0.15, 0.2) is 36.5 Å². The first kappa shape index (κ1) is 12.6. The molecule has 0 aliphatic carbocycles. The number of hydrogen-bond donors (Lipinski definition) is 3. The summed E-state index contributed by atoms with van der Waals surface area (Å²) < 4.78 is 1.02. The molecule has 18 heavy (non-hydrogen) atoms. The number of amides is 1. The third-order valence-electron chi connectivity index (χ3n) is 2.30. The molecule has 0 saturated heterocycles. The van der Waals surface area contributed by atoms with Gasteiger partial charge in [-0.05, 0) is 40.8 Å². The van der Waals surface area contributed by atoms with E-state index in [2.05, 4.69) is 32.9 Å². The minimum Gasteiger partial charge on any atom is -0.397 e. The number of hydrogen-bond acceptors (Lipinski definition) is 4. The summed E-state index contributed by atoms with van der Waals surface area (Å²) in [5, 5.41) is 3.07. The van der Waals surface area contributed by atoms with Crippen LogP contribution in [-0.4, -0.2) is 10.9 Å². The van der Waals surface area contributed by atoms with E-state index in [1.165, 1.54) is 12.3 Å². The molecule has 2 rings (SSSR count). The summed E-state index contributed by atoms with van der Waals surface area (Å²) in [6, 6.07) is 9.17. The van der Waals surface area contributed by atoms with Crippen LogP contribution in [0.2, 0.25) is 0 Å². The largest absolute Gasteiger partial charge is 0.397 e. The smallest absolute Gasteiger partial charge is 0.252 e. The van der Waals surface area contributed by atoms with Gasteiger partial charge in [0.25, 0.3) is 5.91 Å². The first-order valence-electron chi connectivity index (χ1n) is 5.15. The number of anilines is 3. The van der Waals surface area contributed by atoms with Gasteiger partial charge in [-0.25, -0.2) is 4.98 Å². The van der Waals surface area contributed by atoms with Crippen molar-refractivity contribution in [3.63, 3.8) is 0 Å². The Morgan fingerprint density at radius 1 is 1.33 bits per heavy atom. The molecule has 0 saturated carbocycles. The molecule has 1 amide bonds. The van der Waals surface area contributed by atoms with E-state index in [1.54, 1.807) is 0 Å². The van der Waals surface area contributed by atoms with Crippen LogP contribution in [-0.2, 0) is 0 Å². The number of nitrogens with two attached hydrogens (primary N) is 2. The minimum atomic E-state index is -0.566. The van der Waals surface area contributed by atoms with E-state index in [0.717, 1.165) is 9.26 Å². The third kappa shape index (κ3) is 2.70. The Hall–Kier alpha value is -1.83. The van der Waals surface area contributed by atoms with Gasteiger partial charge in [-0.2, -0.15) is 0 Å². The number of aromatic nitrogens is 1. The van der Waals surface area contributed by atoms with E-state index < -0.39 is 5.91 Å². The van der Waals surface area contributed by atoms with Gasteiger partial charge in [0.15, 0.2) is 0 Å². The van der Waals surface area contributed by atoms with Gasteiger partial charge in [0, 0.05) is 3.57 Å². The molecule has 1 aromatic heterocycles. The maximum atomic E-state index is 11.3. The second kappa shape index (κ2) is 5.21.